The molecule has 80 valence electrons. The number of hydrogen-bond donors (Lipinski definition) is 1. The zero-order chi connectivity index (χ0) is 10.5. The minimum Gasteiger partial charge on any atom is -0.313 e. The van der Waals surface area contributed by atoms with Crippen LogP contribution in [0.2, 0.25) is 0 Å². The molecule has 1 aliphatic rings. The van der Waals surface area contributed by atoms with Crippen LogP contribution in [0.4, 0.5) is 0 Å². The van der Waals surface area contributed by atoms with Gasteiger partial charge in [0, 0.05) is 38.6 Å². The first-order valence-corrected chi connectivity index (χ1v) is 5.22. The molecule has 2 heterocycles. The third-order valence-electron chi connectivity index (χ3n) is 2.68. The number of hydrogen-bond acceptors (Lipinski definition) is 4. The summed E-state index contributed by atoms with van der Waals surface area (Å²) in [6, 6.07) is 4.24. The van der Waals surface area contributed by atoms with Crippen LogP contribution in [-0.2, 0) is 6.54 Å². The smallest absolute Gasteiger partial charge is 0.110 e. The molecule has 0 aliphatic carbocycles. The molecule has 15 heavy (non-hydrogen) atoms. The molecule has 2 rings (SSSR count). The van der Waals surface area contributed by atoms with Crippen molar-refractivity contribution in [2.24, 2.45) is 0 Å². The Kier molecular flexibility index (Phi) is 3.33. The summed E-state index contributed by atoms with van der Waals surface area (Å²) >= 11 is 0. The van der Waals surface area contributed by atoms with Crippen molar-refractivity contribution < 1.29 is 0 Å². The summed E-state index contributed by atoms with van der Waals surface area (Å²) in [5.41, 5.74) is 0. The molecule has 1 atom stereocenters. The average molecular weight is 205 g/mol. The van der Waals surface area contributed by atoms with E-state index >= 15 is 0 Å². The van der Waals surface area contributed by atoms with Crippen molar-refractivity contribution in [1.29, 1.82) is 5.26 Å². The Morgan fingerprint density at radius 2 is 2.47 bits per heavy atom. The molecule has 0 aromatic carbocycles. The van der Waals surface area contributed by atoms with Gasteiger partial charge in [-0.25, -0.2) is 0 Å². The Morgan fingerprint density at radius 3 is 3.20 bits per heavy atom. The maximum absolute atomic E-state index is 8.96. The predicted molar refractivity (Wildman–Crippen MR) is 56.1 cm³/mol. The van der Waals surface area contributed by atoms with Gasteiger partial charge in [0.2, 0.25) is 0 Å². The second kappa shape index (κ2) is 4.91. The van der Waals surface area contributed by atoms with E-state index in [1.807, 2.05) is 16.9 Å². The molecule has 0 spiro atoms. The highest BCUT2D eigenvalue weighted by Crippen LogP contribution is 2.02. The zero-order valence-electron chi connectivity index (χ0n) is 8.63. The number of piperazine rings is 1. The van der Waals surface area contributed by atoms with Crippen molar-refractivity contribution in [1.82, 2.24) is 20.0 Å². The van der Waals surface area contributed by atoms with E-state index in [9.17, 15) is 0 Å². The number of nitrogens with one attached hydrogen (secondary N) is 1. The van der Waals surface area contributed by atoms with E-state index in [0.717, 1.165) is 32.7 Å². The van der Waals surface area contributed by atoms with Gasteiger partial charge in [-0.05, 0) is 6.07 Å². The molecule has 1 saturated heterocycles. The molecule has 1 aromatic heterocycles. The first-order valence-electron chi connectivity index (χ1n) is 5.22. The lowest BCUT2D eigenvalue weighted by molar-refractivity contribution is 0.188. The largest absolute Gasteiger partial charge is 0.313 e. The molecule has 5 nitrogen and oxygen atoms in total. The molecule has 1 N–H and O–H groups in total. The fourth-order valence-electron chi connectivity index (χ4n) is 1.80. The molecular formula is C10H15N5. The lowest BCUT2D eigenvalue weighted by atomic mass is 10.2. The van der Waals surface area contributed by atoms with Gasteiger partial charge in [-0.3, -0.25) is 9.58 Å². The second-order valence-electron chi connectivity index (χ2n) is 3.65. The van der Waals surface area contributed by atoms with Gasteiger partial charge in [-0.2, -0.15) is 10.4 Å². The van der Waals surface area contributed by atoms with Crippen LogP contribution in [0.15, 0.2) is 18.5 Å². The highest BCUT2D eigenvalue weighted by Gasteiger charge is 2.20. The molecule has 1 fully saturated rings. The van der Waals surface area contributed by atoms with Gasteiger partial charge in [0.1, 0.15) is 6.04 Å². The van der Waals surface area contributed by atoms with E-state index in [1.54, 1.807) is 6.20 Å². The minimum absolute atomic E-state index is 0.00862. The summed E-state index contributed by atoms with van der Waals surface area (Å²) < 4.78 is 1.90. The van der Waals surface area contributed by atoms with Gasteiger partial charge in [0.15, 0.2) is 0 Å². The lowest BCUT2D eigenvalue weighted by Gasteiger charge is -2.31. The van der Waals surface area contributed by atoms with E-state index in [4.69, 9.17) is 5.26 Å². The molecule has 1 aliphatic heterocycles. The van der Waals surface area contributed by atoms with Crippen LogP contribution in [0.25, 0.3) is 0 Å². The minimum atomic E-state index is 0.00862. The van der Waals surface area contributed by atoms with Crippen molar-refractivity contribution in [3.8, 4) is 6.07 Å². The molecule has 5 heteroatoms. The summed E-state index contributed by atoms with van der Waals surface area (Å²) in [5, 5.41) is 16.3. The van der Waals surface area contributed by atoms with Crippen molar-refractivity contribution >= 4 is 0 Å². The van der Waals surface area contributed by atoms with Crippen LogP contribution >= 0.6 is 0 Å². The summed E-state index contributed by atoms with van der Waals surface area (Å²) in [6.45, 7) is 4.43. The lowest BCUT2D eigenvalue weighted by Crippen LogP contribution is -2.51. The van der Waals surface area contributed by atoms with Crippen molar-refractivity contribution in [3.05, 3.63) is 18.5 Å². The maximum atomic E-state index is 8.96. The van der Waals surface area contributed by atoms with Crippen LogP contribution in [0.5, 0.6) is 0 Å². The highest BCUT2D eigenvalue weighted by atomic mass is 15.3. The molecule has 0 bridgehead atoms. The van der Waals surface area contributed by atoms with E-state index in [-0.39, 0.29) is 6.04 Å². The molecular weight excluding hydrogens is 190 g/mol. The van der Waals surface area contributed by atoms with Gasteiger partial charge in [-0.15, -0.1) is 0 Å². The van der Waals surface area contributed by atoms with Crippen molar-refractivity contribution in [2.75, 3.05) is 26.2 Å². The average Bonchev–Trinajstić information content (AvgIpc) is 2.79. The first kappa shape index (κ1) is 10.1. The van der Waals surface area contributed by atoms with Crippen LogP contribution in [0, 0.1) is 11.3 Å². The van der Waals surface area contributed by atoms with Crippen molar-refractivity contribution in [3.63, 3.8) is 0 Å². The van der Waals surface area contributed by atoms with E-state index < -0.39 is 0 Å². The van der Waals surface area contributed by atoms with Gasteiger partial charge in [0.05, 0.1) is 12.6 Å². The Balaban J connectivity index is 1.85. The summed E-state index contributed by atoms with van der Waals surface area (Å²) in [6.07, 6.45) is 3.73. The number of aromatic nitrogens is 2. The van der Waals surface area contributed by atoms with Gasteiger partial charge >= 0.3 is 0 Å². The fraction of sp³-hybridized carbons (Fsp3) is 0.600. The SMILES string of the molecule is N#CC1CNCCN1CCn1cccn1. The Labute approximate surface area is 89.3 Å². The fourth-order valence-corrected chi connectivity index (χ4v) is 1.80. The topological polar surface area (TPSA) is 56.9 Å². The zero-order valence-corrected chi connectivity index (χ0v) is 8.63. The van der Waals surface area contributed by atoms with Gasteiger partial charge in [-0.1, -0.05) is 0 Å². The van der Waals surface area contributed by atoms with Crippen LogP contribution in [-0.4, -0.2) is 46.9 Å². The van der Waals surface area contributed by atoms with Crippen LogP contribution < -0.4 is 5.32 Å². The summed E-state index contributed by atoms with van der Waals surface area (Å²) in [7, 11) is 0. The Morgan fingerprint density at radius 1 is 1.53 bits per heavy atom. The van der Waals surface area contributed by atoms with Crippen LogP contribution in [0.1, 0.15) is 0 Å². The Hall–Kier alpha value is -1.38. The molecule has 0 radical (unpaired) electrons. The molecule has 1 unspecified atom stereocenters. The second-order valence-corrected chi connectivity index (χ2v) is 3.65. The number of rotatable bonds is 3. The normalized spacial score (nSPS) is 22.5. The molecule has 0 saturated carbocycles. The van der Waals surface area contributed by atoms with Crippen molar-refractivity contribution in [2.45, 2.75) is 12.6 Å². The monoisotopic (exact) mass is 205 g/mol. The van der Waals surface area contributed by atoms with E-state index in [2.05, 4.69) is 21.4 Å². The molecule has 1 aromatic rings. The number of nitriles is 1. The van der Waals surface area contributed by atoms with Gasteiger partial charge < -0.3 is 5.32 Å². The standard InChI is InChI=1S/C10H15N5/c11-8-10-9-12-3-5-14(10)6-7-15-4-1-2-13-15/h1-2,4,10,12H,3,5-7,9H2. The number of nitrogens with zero attached hydrogens (tertiary/aromatic N) is 4. The predicted octanol–water partition coefficient (Wildman–Crippen LogP) is -0.320. The summed E-state index contributed by atoms with van der Waals surface area (Å²) in [4.78, 5) is 2.21. The maximum Gasteiger partial charge on any atom is 0.110 e. The summed E-state index contributed by atoms with van der Waals surface area (Å²) in [5.74, 6) is 0. The third kappa shape index (κ3) is 2.55. The van der Waals surface area contributed by atoms with E-state index in [1.165, 1.54) is 0 Å². The highest BCUT2D eigenvalue weighted by molar-refractivity contribution is 4.96. The third-order valence-corrected chi connectivity index (χ3v) is 2.68. The quantitative estimate of drug-likeness (QED) is 0.735. The van der Waals surface area contributed by atoms with Crippen LogP contribution in [0.3, 0.4) is 0 Å². The first-order chi connectivity index (χ1) is 7.40. The molecule has 0 amide bonds. The van der Waals surface area contributed by atoms with E-state index in [0.29, 0.717) is 0 Å². The van der Waals surface area contributed by atoms with Gasteiger partial charge in [0.25, 0.3) is 0 Å². The Bertz CT molecular complexity index is 326.